The van der Waals surface area contributed by atoms with Gasteiger partial charge in [-0.3, -0.25) is 0 Å². The quantitative estimate of drug-likeness (QED) is 0.809. The Morgan fingerprint density at radius 1 is 1.19 bits per heavy atom. The highest BCUT2D eigenvalue weighted by molar-refractivity contribution is 8.16. The molecule has 16 heavy (non-hydrogen) atoms. The molecule has 2 aromatic rings. The second-order valence-electron chi connectivity index (χ2n) is 4.14. The third-order valence-electron chi connectivity index (χ3n) is 3.07. The molecule has 0 spiro atoms. The maximum Gasteiger partial charge on any atom is 0.0902 e. The van der Waals surface area contributed by atoms with E-state index in [-0.39, 0.29) is 0 Å². The summed E-state index contributed by atoms with van der Waals surface area (Å²) in [4.78, 5) is 3.59. The summed E-state index contributed by atoms with van der Waals surface area (Å²) in [5, 5.41) is 1.38. The van der Waals surface area contributed by atoms with Gasteiger partial charge >= 0.3 is 0 Å². The standard InChI is InChI=1S/C13H15NS2/c1-9-10-5-2-3-6-11(10)14-12(9)13-15-7-4-8-16-13/h2-3,5-6,13-14H,4,7-8H2,1H3. The summed E-state index contributed by atoms with van der Waals surface area (Å²) < 4.78 is 0.612. The van der Waals surface area contributed by atoms with E-state index in [4.69, 9.17) is 0 Å². The molecule has 1 aliphatic heterocycles. The first-order valence-electron chi connectivity index (χ1n) is 5.66. The molecular weight excluding hydrogens is 234 g/mol. The van der Waals surface area contributed by atoms with Crippen molar-refractivity contribution in [3.63, 3.8) is 0 Å². The van der Waals surface area contributed by atoms with Gasteiger partial charge in [-0.1, -0.05) is 18.2 Å². The van der Waals surface area contributed by atoms with Crippen LogP contribution in [0.3, 0.4) is 0 Å². The molecule has 0 radical (unpaired) electrons. The van der Waals surface area contributed by atoms with E-state index in [0.717, 1.165) is 0 Å². The fourth-order valence-corrected chi connectivity index (χ4v) is 5.19. The first kappa shape index (κ1) is 10.6. The lowest BCUT2D eigenvalue weighted by atomic mass is 10.1. The van der Waals surface area contributed by atoms with Crippen LogP contribution < -0.4 is 0 Å². The Bertz CT molecular complexity index is 498. The Morgan fingerprint density at radius 2 is 1.94 bits per heavy atom. The van der Waals surface area contributed by atoms with Crippen molar-refractivity contribution in [2.75, 3.05) is 11.5 Å². The van der Waals surface area contributed by atoms with E-state index in [1.54, 1.807) is 0 Å². The van der Waals surface area contributed by atoms with E-state index in [1.807, 2.05) is 0 Å². The van der Waals surface area contributed by atoms with Crippen LogP contribution in [0.5, 0.6) is 0 Å². The molecule has 1 nitrogen and oxygen atoms in total. The van der Waals surface area contributed by atoms with Gasteiger partial charge in [-0.15, -0.1) is 23.5 Å². The van der Waals surface area contributed by atoms with E-state index in [0.29, 0.717) is 4.58 Å². The predicted molar refractivity (Wildman–Crippen MR) is 75.3 cm³/mol. The van der Waals surface area contributed by atoms with Gasteiger partial charge in [-0.25, -0.2) is 0 Å². The number of thioether (sulfide) groups is 2. The molecule has 3 rings (SSSR count). The Kier molecular flexibility index (Phi) is 2.90. The van der Waals surface area contributed by atoms with Crippen LogP contribution in [0.25, 0.3) is 10.9 Å². The third kappa shape index (κ3) is 1.76. The molecule has 0 bridgehead atoms. The number of hydrogen-bond donors (Lipinski definition) is 1. The molecule has 3 heteroatoms. The molecule has 0 unspecified atom stereocenters. The van der Waals surface area contributed by atoms with Crippen LogP contribution in [0.1, 0.15) is 22.3 Å². The van der Waals surface area contributed by atoms with Crippen LogP contribution in [0.2, 0.25) is 0 Å². The molecule has 0 atom stereocenters. The largest absolute Gasteiger partial charge is 0.357 e. The highest BCUT2D eigenvalue weighted by atomic mass is 32.2. The molecule has 1 saturated heterocycles. The van der Waals surface area contributed by atoms with Crippen molar-refractivity contribution in [1.29, 1.82) is 0 Å². The molecular formula is C13H15NS2. The molecule has 1 N–H and O–H groups in total. The van der Waals surface area contributed by atoms with Crippen molar-refractivity contribution in [1.82, 2.24) is 4.98 Å². The van der Waals surface area contributed by atoms with Crippen molar-refractivity contribution in [2.45, 2.75) is 17.9 Å². The Hall–Kier alpha value is -0.540. The summed E-state index contributed by atoms with van der Waals surface area (Å²) >= 11 is 4.15. The SMILES string of the molecule is Cc1c(C2SCCCS2)[nH]c2ccccc12. The number of nitrogens with one attached hydrogen (secondary N) is 1. The maximum atomic E-state index is 3.59. The van der Waals surface area contributed by atoms with E-state index in [2.05, 4.69) is 59.7 Å². The normalized spacial score (nSPS) is 18.1. The summed E-state index contributed by atoms with van der Waals surface area (Å²) in [6, 6.07) is 8.60. The van der Waals surface area contributed by atoms with E-state index >= 15 is 0 Å². The average Bonchev–Trinajstić information content (AvgIpc) is 2.69. The van der Waals surface area contributed by atoms with Crippen molar-refractivity contribution >= 4 is 34.4 Å². The lowest BCUT2D eigenvalue weighted by molar-refractivity contribution is 1.08. The second kappa shape index (κ2) is 4.38. The first-order valence-corrected chi connectivity index (χ1v) is 7.76. The van der Waals surface area contributed by atoms with Crippen LogP contribution in [-0.2, 0) is 0 Å². The molecule has 2 heterocycles. The summed E-state index contributed by atoms with van der Waals surface area (Å²) in [5.41, 5.74) is 4.14. The van der Waals surface area contributed by atoms with Crippen LogP contribution in [0.15, 0.2) is 24.3 Å². The number of hydrogen-bond acceptors (Lipinski definition) is 2. The van der Waals surface area contributed by atoms with Gasteiger partial charge in [0.2, 0.25) is 0 Å². The molecule has 1 fully saturated rings. The molecule has 1 aliphatic rings. The van der Waals surface area contributed by atoms with Gasteiger partial charge in [0.25, 0.3) is 0 Å². The number of aromatic amines is 1. The van der Waals surface area contributed by atoms with Gasteiger partial charge < -0.3 is 4.98 Å². The fourth-order valence-electron chi connectivity index (χ4n) is 2.19. The van der Waals surface area contributed by atoms with Crippen molar-refractivity contribution in [3.05, 3.63) is 35.5 Å². The highest BCUT2D eigenvalue weighted by Crippen LogP contribution is 2.45. The van der Waals surface area contributed by atoms with Crippen molar-refractivity contribution < 1.29 is 0 Å². The van der Waals surface area contributed by atoms with Crippen LogP contribution in [0, 0.1) is 6.92 Å². The molecule has 0 aliphatic carbocycles. The molecule has 1 aromatic heterocycles. The minimum Gasteiger partial charge on any atom is -0.357 e. The van der Waals surface area contributed by atoms with Crippen molar-refractivity contribution in [3.8, 4) is 0 Å². The zero-order valence-electron chi connectivity index (χ0n) is 9.32. The smallest absolute Gasteiger partial charge is 0.0902 e. The predicted octanol–water partition coefficient (Wildman–Crippen LogP) is 4.35. The van der Waals surface area contributed by atoms with Gasteiger partial charge in [0.05, 0.1) is 4.58 Å². The zero-order valence-corrected chi connectivity index (χ0v) is 11.0. The monoisotopic (exact) mass is 249 g/mol. The molecule has 84 valence electrons. The van der Waals surface area contributed by atoms with Crippen LogP contribution >= 0.6 is 23.5 Å². The number of benzene rings is 1. The van der Waals surface area contributed by atoms with Crippen molar-refractivity contribution in [2.24, 2.45) is 0 Å². The Morgan fingerprint density at radius 3 is 2.69 bits per heavy atom. The van der Waals surface area contributed by atoms with Gasteiger partial charge in [-0.05, 0) is 36.5 Å². The number of para-hydroxylation sites is 1. The van der Waals surface area contributed by atoms with Gasteiger partial charge in [0.1, 0.15) is 0 Å². The minimum absolute atomic E-state index is 0.612. The van der Waals surface area contributed by atoms with E-state index < -0.39 is 0 Å². The highest BCUT2D eigenvalue weighted by Gasteiger charge is 2.20. The lowest BCUT2D eigenvalue weighted by Gasteiger charge is -2.20. The van der Waals surface area contributed by atoms with Crippen LogP contribution in [0.4, 0.5) is 0 Å². The van der Waals surface area contributed by atoms with E-state index in [1.165, 1.54) is 40.1 Å². The topological polar surface area (TPSA) is 15.8 Å². The molecule has 0 amide bonds. The fraction of sp³-hybridized carbons (Fsp3) is 0.385. The molecule has 0 saturated carbocycles. The Balaban J connectivity index is 2.05. The number of aromatic nitrogens is 1. The molecule has 1 aromatic carbocycles. The summed E-state index contributed by atoms with van der Waals surface area (Å²) in [7, 11) is 0. The number of fused-ring (bicyclic) bond motifs is 1. The minimum atomic E-state index is 0.612. The second-order valence-corrected chi connectivity index (χ2v) is 6.86. The Labute approximate surface area is 104 Å². The lowest BCUT2D eigenvalue weighted by Crippen LogP contribution is -2.01. The van der Waals surface area contributed by atoms with Gasteiger partial charge in [-0.2, -0.15) is 0 Å². The van der Waals surface area contributed by atoms with Crippen LogP contribution in [-0.4, -0.2) is 16.5 Å². The zero-order chi connectivity index (χ0) is 11.0. The summed E-state index contributed by atoms with van der Waals surface area (Å²) in [6.45, 7) is 2.24. The number of aryl methyl sites for hydroxylation is 1. The number of H-pyrrole nitrogens is 1. The van der Waals surface area contributed by atoms with Gasteiger partial charge in [0, 0.05) is 16.6 Å². The third-order valence-corrected chi connectivity index (χ3v) is 6.01. The van der Waals surface area contributed by atoms with E-state index in [9.17, 15) is 0 Å². The summed E-state index contributed by atoms with van der Waals surface area (Å²) in [6.07, 6.45) is 1.35. The summed E-state index contributed by atoms with van der Waals surface area (Å²) in [5.74, 6) is 2.60. The van der Waals surface area contributed by atoms with Gasteiger partial charge in [0.15, 0.2) is 0 Å². The maximum absolute atomic E-state index is 3.59. The first-order chi connectivity index (χ1) is 7.86. The average molecular weight is 249 g/mol. The number of rotatable bonds is 1.